The molecule has 0 saturated heterocycles. The molecule has 1 aliphatic carbocycles. The minimum atomic E-state index is -3.97. The van der Waals surface area contributed by atoms with E-state index in [0.717, 1.165) is 31.2 Å². The Morgan fingerprint density at radius 2 is 2.00 bits per heavy atom. The standard InChI is InChI=1S/C18H21N3O5S2/c22-16(23)11-28(25,26)15-6-5-12(10-20-15)9-14(13-3-1-2-4-13)17(24)21-18-19-7-8-27-18/h5-8,10,13-14H,1-4,9,11H2,(H,22,23)(H,19,21,24). The monoisotopic (exact) mass is 423 g/mol. The first-order valence-corrected chi connectivity index (χ1v) is 11.5. The van der Waals surface area contributed by atoms with Crippen LogP contribution < -0.4 is 5.32 Å². The second-order valence-corrected chi connectivity index (χ2v) is 9.67. The summed E-state index contributed by atoms with van der Waals surface area (Å²) in [4.78, 5) is 31.5. The van der Waals surface area contributed by atoms with Crippen LogP contribution >= 0.6 is 11.3 Å². The van der Waals surface area contributed by atoms with Crippen LogP contribution in [0.5, 0.6) is 0 Å². The van der Waals surface area contributed by atoms with Crippen molar-refractivity contribution < 1.29 is 23.1 Å². The van der Waals surface area contributed by atoms with Crippen LogP contribution in [0.4, 0.5) is 5.13 Å². The van der Waals surface area contributed by atoms with Gasteiger partial charge in [0.15, 0.2) is 15.9 Å². The lowest BCUT2D eigenvalue weighted by Gasteiger charge is -2.22. The van der Waals surface area contributed by atoms with Crippen LogP contribution in [0.3, 0.4) is 0 Å². The molecular weight excluding hydrogens is 402 g/mol. The van der Waals surface area contributed by atoms with Gasteiger partial charge in [-0.2, -0.15) is 0 Å². The Morgan fingerprint density at radius 3 is 2.57 bits per heavy atom. The van der Waals surface area contributed by atoms with E-state index in [0.29, 0.717) is 11.6 Å². The van der Waals surface area contributed by atoms with E-state index in [1.807, 2.05) is 0 Å². The number of sulfone groups is 1. The Bertz CT molecular complexity index is 921. The van der Waals surface area contributed by atoms with Crippen LogP contribution in [0.25, 0.3) is 0 Å². The first kappa shape index (κ1) is 20.4. The predicted molar refractivity (Wildman–Crippen MR) is 104 cm³/mol. The van der Waals surface area contributed by atoms with Gasteiger partial charge < -0.3 is 10.4 Å². The quantitative estimate of drug-likeness (QED) is 0.667. The van der Waals surface area contributed by atoms with E-state index in [9.17, 15) is 18.0 Å². The molecule has 0 aliphatic heterocycles. The Morgan fingerprint density at radius 1 is 1.25 bits per heavy atom. The fraction of sp³-hybridized carbons (Fsp3) is 0.444. The number of thiazole rings is 1. The molecule has 0 aromatic carbocycles. The van der Waals surface area contributed by atoms with Crippen molar-refractivity contribution in [3.05, 3.63) is 35.5 Å². The largest absolute Gasteiger partial charge is 0.480 e. The number of nitrogens with zero attached hydrogens (tertiary/aromatic N) is 2. The first-order chi connectivity index (χ1) is 13.3. The number of nitrogens with one attached hydrogen (secondary N) is 1. The van der Waals surface area contributed by atoms with E-state index < -0.39 is 21.6 Å². The molecule has 0 spiro atoms. The molecule has 1 saturated carbocycles. The van der Waals surface area contributed by atoms with Gasteiger partial charge in [-0.3, -0.25) is 9.59 Å². The summed E-state index contributed by atoms with van der Waals surface area (Å²) in [5, 5.41) is 13.7. The van der Waals surface area contributed by atoms with Crippen molar-refractivity contribution in [2.45, 2.75) is 37.1 Å². The molecule has 2 aromatic rings. The van der Waals surface area contributed by atoms with Gasteiger partial charge in [-0.15, -0.1) is 11.3 Å². The maximum atomic E-state index is 12.8. The third-order valence-corrected chi connectivity index (χ3v) is 7.05. The molecule has 2 N–H and O–H groups in total. The highest BCUT2D eigenvalue weighted by Crippen LogP contribution is 2.34. The second-order valence-electron chi connectivity index (χ2n) is 6.84. The number of carboxylic acid groups (broad SMARTS) is 1. The summed E-state index contributed by atoms with van der Waals surface area (Å²) in [6.45, 7) is 0. The number of anilines is 1. The zero-order chi connectivity index (χ0) is 20.1. The molecule has 150 valence electrons. The topological polar surface area (TPSA) is 126 Å². The number of pyridine rings is 1. The van der Waals surface area contributed by atoms with Gasteiger partial charge in [0.1, 0.15) is 0 Å². The highest BCUT2D eigenvalue weighted by Gasteiger charge is 2.31. The number of carbonyl (C=O) groups excluding carboxylic acids is 1. The molecule has 28 heavy (non-hydrogen) atoms. The summed E-state index contributed by atoms with van der Waals surface area (Å²) in [7, 11) is -3.97. The zero-order valence-electron chi connectivity index (χ0n) is 15.1. The molecule has 1 unspecified atom stereocenters. The summed E-state index contributed by atoms with van der Waals surface area (Å²) in [5.74, 6) is -2.51. The van der Waals surface area contributed by atoms with Crippen molar-refractivity contribution in [2.75, 3.05) is 11.1 Å². The first-order valence-electron chi connectivity index (χ1n) is 8.95. The molecule has 1 amide bonds. The van der Waals surface area contributed by atoms with Gasteiger partial charge in [0.2, 0.25) is 15.7 Å². The molecule has 1 aliphatic rings. The number of hydrogen-bond acceptors (Lipinski definition) is 7. The highest BCUT2D eigenvalue weighted by atomic mass is 32.2. The number of carbonyl (C=O) groups is 2. The number of amides is 1. The van der Waals surface area contributed by atoms with Gasteiger partial charge >= 0.3 is 5.97 Å². The van der Waals surface area contributed by atoms with Crippen LogP contribution in [0.15, 0.2) is 34.9 Å². The lowest BCUT2D eigenvalue weighted by Crippen LogP contribution is -2.30. The Kier molecular flexibility index (Phi) is 6.40. The lowest BCUT2D eigenvalue weighted by molar-refractivity contribution is -0.134. The molecule has 1 fully saturated rings. The SMILES string of the molecule is O=C(O)CS(=O)(=O)c1ccc(CC(C(=O)Nc2nccs2)C2CCCC2)cn1. The fourth-order valence-electron chi connectivity index (χ4n) is 3.52. The molecule has 2 aromatic heterocycles. The molecule has 1 atom stereocenters. The third kappa shape index (κ3) is 5.14. The molecule has 2 heterocycles. The number of aromatic nitrogens is 2. The summed E-state index contributed by atoms with van der Waals surface area (Å²) < 4.78 is 23.9. The van der Waals surface area contributed by atoms with E-state index in [-0.39, 0.29) is 22.8 Å². The Hall–Kier alpha value is -2.33. The molecule has 8 nitrogen and oxygen atoms in total. The van der Waals surface area contributed by atoms with Crippen LogP contribution in [-0.2, 0) is 25.8 Å². The third-order valence-electron chi connectivity index (χ3n) is 4.85. The predicted octanol–water partition coefficient (Wildman–Crippen LogP) is 2.38. The van der Waals surface area contributed by atoms with Gasteiger partial charge in [-0.1, -0.05) is 18.9 Å². The molecule has 0 bridgehead atoms. The minimum Gasteiger partial charge on any atom is -0.480 e. The fourth-order valence-corrected chi connectivity index (χ4v) is 5.02. The molecular formula is C18H21N3O5S2. The van der Waals surface area contributed by atoms with Gasteiger partial charge in [0.05, 0.1) is 0 Å². The van der Waals surface area contributed by atoms with E-state index in [1.54, 1.807) is 17.6 Å². The Labute approximate surface area is 167 Å². The summed E-state index contributed by atoms with van der Waals surface area (Å²) in [5.41, 5.74) is 0.737. The maximum Gasteiger partial charge on any atom is 0.319 e. The van der Waals surface area contributed by atoms with E-state index in [2.05, 4.69) is 15.3 Å². The van der Waals surface area contributed by atoms with E-state index >= 15 is 0 Å². The van der Waals surface area contributed by atoms with Crippen molar-refractivity contribution in [2.24, 2.45) is 11.8 Å². The van der Waals surface area contributed by atoms with E-state index in [1.165, 1.54) is 23.6 Å². The minimum absolute atomic E-state index is 0.0931. The van der Waals surface area contributed by atoms with Crippen LogP contribution in [0.2, 0.25) is 0 Å². The molecule has 10 heteroatoms. The summed E-state index contributed by atoms with van der Waals surface area (Å²) >= 11 is 1.36. The zero-order valence-corrected chi connectivity index (χ0v) is 16.7. The average Bonchev–Trinajstić information content (AvgIpc) is 3.33. The summed E-state index contributed by atoms with van der Waals surface area (Å²) in [6.07, 6.45) is 7.63. The normalized spacial score (nSPS) is 16.0. The second kappa shape index (κ2) is 8.78. The average molecular weight is 424 g/mol. The number of carboxylic acids is 1. The van der Waals surface area contributed by atoms with Crippen LogP contribution in [0, 0.1) is 11.8 Å². The van der Waals surface area contributed by atoms with Crippen molar-refractivity contribution in [3.63, 3.8) is 0 Å². The number of rotatable bonds is 8. The summed E-state index contributed by atoms with van der Waals surface area (Å²) in [6, 6.07) is 2.90. The molecule has 0 radical (unpaired) electrons. The van der Waals surface area contributed by atoms with Gasteiger partial charge in [-0.25, -0.2) is 18.4 Å². The van der Waals surface area contributed by atoms with Crippen molar-refractivity contribution in [1.29, 1.82) is 0 Å². The smallest absolute Gasteiger partial charge is 0.319 e. The number of hydrogen-bond donors (Lipinski definition) is 2. The van der Waals surface area contributed by atoms with Crippen molar-refractivity contribution >= 4 is 38.2 Å². The van der Waals surface area contributed by atoms with Crippen molar-refractivity contribution in [1.82, 2.24) is 9.97 Å². The van der Waals surface area contributed by atoms with Crippen LogP contribution in [-0.4, -0.2) is 41.1 Å². The lowest BCUT2D eigenvalue weighted by atomic mass is 9.85. The number of aliphatic carboxylic acids is 1. The molecule has 3 rings (SSSR count). The van der Waals surface area contributed by atoms with E-state index in [4.69, 9.17) is 5.11 Å². The Balaban J connectivity index is 1.75. The van der Waals surface area contributed by atoms with Crippen molar-refractivity contribution in [3.8, 4) is 0 Å². The van der Waals surface area contributed by atoms with Crippen LogP contribution in [0.1, 0.15) is 31.2 Å². The van der Waals surface area contributed by atoms with Gasteiger partial charge in [-0.05, 0) is 36.8 Å². The van der Waals surface area contributed by atoms with Gasteiger partial charge in [0.25, 0.3) is 0 Å². The maximum absolute atomic E-state index is 12.8. The van der Waals surface area contributed by atoms with Gasteiger partial charge in [0, 0.05) is 23.7 Å². The highest BCUT2D eigenvalue weighted by molar-refractivity contribution is 7.92.